The first kappa shape index (κ1) is 21.4. The lowest BCUT2D eigenvalue weighted by molar-refractivity contribution is -0.121. The average molecular weight is 374 g/mol. The molecule has 0 aliphatic carbocycles. The molecule has 1 aliphatic rings. The Balaban J connectivity index is 0.00000288. The zero-order valence-electron chi connectivity index (χ0n) is 15.1. The summed E-state index contributed by atoms with van der Waals surface area (Å²) in [4.78, 5) is 17.1. The zero-order valence-corrected chi connectivity index (χ0v) is 16.8. The van der Waals surface area contributed by atoms with E-state index in [2.05, 4.69) is 43.1 Å². The van der Waals surface area contributed by atoms with Gasteiger partial charge < -0.3 is 11.1 Å². The third-order valence-electron chi connectivity index (χ3n) is 4.42. The summed E-state index contributed by atoms with van der Waals surface area (Å²) >= 11 is 1.92. The molecule has 24 heavy (non-hydrogen) atoms. The first-order valence-electron chi connectivity index (χ1n) is 8.70. The van der Waals surface area contributed by atoms with Gasteiger partial charge in [-0.05, 0) is 36.9 Å². The van der Waals surface area contributed by atoms with E-state index in [0.29, 0.717) is 19.0 Å². The molecule has 1 fully saturated rings. The molecule has 1 aromatic rings. The van der Waals surface area contributed by atoms with Crippen LogP contribution in [0.15, 0.2) is 12.1 Å². The molecule has 1 aromatic heterocycles. The van der Waals surface area contributed by atoms with Gasteiger partial charge in [0, 0.05) is 41.9 Å². The summed E-state index contributed by atoms with van der Waals surface area (Å²) in [6, 6.07) is 4.98. The number of nitrogens with two attached hydrogens (primary N) is 1. The average Bonchev–Trinajstić information content (AvgIpc) is 2.95. The van der Waals surface area contributed by atoms with Crippen LogP contribution in [0.25, 0.3) is 0 Å². The van der Waals surface area contributed by atoms with Crippen LogP contribution in [0, 0.1) is 0 Å². The number of nitrogens with zero attached hydrogens (tertiary/aromatic N) is 1. The highest BCUT2D eigenvalue weighted by atomic mass is 35.5. The van der Waals surface area contributed by atoms with E-state index >= 15 is 0 Å². The molecule has 1 unspecified atom stereocenters. The van der Waals surface area contributed by atoms with Gasteiger partial charge in [-0.15, -0.1) is 23.7 Å². The number of halogens is 1. The van der Waals surface area contributed by atoms with Gasteiger partial charge in [0.25, 0.3) is 0 Å². The third kappa shape index (κ3) is 6.36. The summed E-state index contributed by atoms with van der Waals surface area (Å²) in [5.74, 6) is 0.0733. The van der Waals surface area contributed by atoms with Gasteiger partial charge in [-0.3, -0.25) is 9.69 Å². The maximum atomic E-state index is 11.7. The minimum Gasteiger partial charge on any atom is -0.354 e. The van der Waals surface area contributed by atoms with Crippen molar-refractivity contribution >= 4 is 29.7 Å². The van der Waals surface area contributed by atoms with E-state index in [-0.39, 0.29) is 23.7 Å². The van der Waals surface area contributed by atoms with Gasteiger partial charge in [0.05, 0.1) is 0 Å². The number of thiophene rings is 1. The van der Waals surface area contributed by atoms with E-state index in [0.717, 1.165) is 19.6 Å². The molecule has 1 atom stereocenters. The second-order valence-corrected chi connectivity index (χ2v) is 8.65. The van der Waals surface area contributed by atoms with E-state index in [9.17, 15) is 4.79 Å². The number of carbonyl (C=O) groups is 1. The van der Waals surface area contributed by atoms with E-state index < -0.39 is 0 Å². The number of nitrogens with one attached hydrogen (secondary N) is 1. The molecule has 0 spiro atoms. The highest BCUT2D eigenvalue weighted by Crippen LogP contribution is 2.31. The first-order chi connectivity index (χ1) is 10.9. The molecule has 1 saturated heterocycles. The Morgan fingerprint density at radius 2 is 2.12 bits per heavy atom. The van der Waals surface area contributed by atoms with Crippen molar-refractivity contribution in [2.45, 2.75) is 64.5 Å². The Kier molecular flexibility index (Phi) is 8.71. The molecular weight excluding hydrogens is 342 g/mol. The van der Waals surface area contributed by atoms with Crippen LogP contribution in [0.3, 0.4) is 0 Å². The summed E-state index contributed by atoms with van der Waals surface area (Å²) in [7, 11) is 0. The largest absolute Gasteiger partial charge is 0.354 e. The summed E-state index contributed by atoms with van der Waals surface area (Å²) in [6.45, 7) is 10.1. The van der Waals surface area contributed by atoms with Crippen LogP contribution in [-0.2, 0) is 16.8 Å². The molecule has 0 aromatic carbocycles. The number of piperidine rings is 1. The van der Waals surface area contributed by atoms with Gasteiger partial charge >= 0.3 is 0 Å². The molecule has 0 radical (unpaired) electrons. The second-order valence-electron chi connectivity index (χ2n) is 7.48. The third-order valence-corrected chi connectivity index (χ3v) is 5.91. The molecule has 6 heteroatoms. The van der Waals surface area contributed by atoms with Crippen LogP contribution >= 0.6 is 23.7 Å². The van der Waals surface area contributed by atoms with Crippen molar-refractivity contribution in [3.8, 4) is 0 Å². The lowest BCUT2D eigenvalue weighted by Crippen LogP contribution is -2.46. The Bertz CT molecular complexity index is 513. The lowest BCUT2D eigenvalue weighted by Gasteiger charge is -2.35. The minimum atomic E-state index is 0. The molecular formula is C18H32ClN3OS. The van der Waals surface area contributed by atoms with Crippen molar-refractivity contribution in [2.24, 2.45) is 5.73 Å². The quantitative estimate of drug-likeness (QED) is 0.804. The zero-order chi connectivity index (χ0) is 16.9. The van der Waals surface area contributed by atoms with Crippen molar-refractivity contribution in [1.29, 1.82) is 0 Å². The molecule has 0 saturated carbocycles. The Labute approximate surface area is 156 Å². The maximum Gasteiger partial charge on any atom is 0.221 e. The summed E-state index contributed by atoms with van der Waals surface area (Å²) < 4.78 is 0. The Hall–Kier alpha value is -0.620. The Morgan fingerprint density at radius 3 is 2.75 bits per heavy atom. The number of carbonyl (C=O) groups excluding carboxylic acids is 1. The molecule has 138 valence electrons. The number of hydrogen-bond donors (Lipinski definition) is 2. The standard InChI is InChI=1S/C18H31N3OS.ClH/c1-18(2,3)16-8-7-15(23-16)13-21-11-5-4-6-14(21)12-20-17(22)9-10-19;/h7-8,14H,4-6,9-13,19H2,1-3H3,(H,20,22);1H. The fourth-order valence-electron chi connectivity index (χ4n) is 3.02. The molecule has 1 aliphatic heterocycles. The fraction of sp³-hybridized carbons (Fsp3) is 0.722. The van der Waals surface area contributed by atoms with Gasteiger partial charge in [0.15, 0.2) is 0 Å². The van der Waals surface area contributed by atoms with Crippen molar-refractivity contribution < 1.29 is 4.79 Å². The predicted octanol–water partition coefficient (Wildman–Crippen LogP) is 3.29. The van der Waals surface area contributed by atoms with Gasteiger partial charge in [-0.2, -0.15) is 0 Å². The van der Waals surface area contributed by atoms with Crippen molar-refractivity contribution in [1.82, 2.24) is 10.2 Å². The van der Waals surface area contributed by atoms with Gasteiger partial charge in [-0.1, -0.05) is 27.2 Å². The fourth-order valence-corrected chi connectivity index (χ4v) is 4.11. The van der Waals surface area contributed by atoms with Gasteiger partial charge in [0.1, 0.15) is 0 Å². The molecule has 1 amide bonds. The molecule has 3 N–H and O–H groups in total. The van der Waals surface area contributed by atoms with Crippen LogP contribution in [0.2, 0.25) is 0 Å². The van der Waals surface area contributed by atoms with Crippen molar-refractivity contribution in [3.63, 3.8) is 0 Å². The monoisotopic (exact) mass is 373 g/mol. The first-order valence-corrected chi connectivity index (χ1v) is 9.52. The van der Waals surface area contributed by atoms with Crippen LogP contribution in [0.4, 0.5) is 0 Å². The van der Waals surface area contributed by atoms with Gasteiger partial charge in [0.2, 0.25) is 5.91 Å². The molecule has 2 heterocycles. The SMILES string of the molecule is CC(C)(C)c1ccc(CN2CCCCC2CNC(=O)CCN)s1.Cl. The highest BCUT2D eigenvalue weighted by Gasteiger charge is 2.24. The smallest absolute Gasteiger partial charge is 0.221 e. The minimum absolute atomic E-state index is 0. The van der Waals surface area contributed by atoms with Crippen molar-refractivity contribution in [3.05, 3.63) is 21.9 Å². The maximum absolute atomic E-state index is 11.7. The summed E-state index contributed by atoms with van der Waals surface area (Å²) in [5, 5.41) is 3.04. The number of likely N-dealkylation sites (tertiary alicyclic amines) is 1. The van der Waals surface area contributed by atoms with Crippen molar-refractivity contribution in [2.75, 3.05) is 19.6 Å². The predicted molar refractivity (Wildman–Crippen MR) is 105 cm³/mol. The molecule has 2 rings (SSSR count). The van der Waals surface area contributed by atoms with Crippen LogP contribution in [-0.4, -0.2) is 36.5 Å². The van der Waals surface area contributed by atoms with E-state index in [4.69, 9.17) is 5.73 Å². The summed E-state index contributed by atoms with van der Waals surface area (Å²) in [5.41, 5.74) is 5.66. The van der Waals surface area contributed by atoms with E-state index in [1.165, 1.54) is 29.0 Å². The highest BCUT2D eigenvalue weighted by molar-refractivity contribution is 7.12. The second kappa shape index (κ2) is 9.76. The topological polar surface area (TPSA) is 58.4 Å². The van der Waals surface area contributed by atoms with Crippen LogP contribution in [0.5, 0.6) is 0 Å². The van der Waals surface area contributed by atoms with Crippen LogP contribution < -0.4 is 11.1 Å². The number of amides is 1. The summed E-state index contributed by atoms with van der Waals surface area (Å²) in [6.07, 6.45) is 4.10. The Morgan fingerprint density at radius 1 is 1.38 bits per heavy atom. The van der Waals surface area contributed by atoms with E-state index in [1.54, 1.807) is 0 Å². The molecule has 4 nitrogen and oxygen atoms in total. The number of rotatable bonds is 6. The van der Waals surface area contributed by atoms with Crippen LogP contribution in [0.1, 0.15) is 56.2 Å². The normalized spacial score (nSPS) is 18.9. The van der Waals surface area contributed by atoms with E-state index in [1.807, 2.05) is 11.3 Å². The number of hydrogen-bond acceptors (Lipinski definition) is 4. The van der Waals surface area contributed by atoms with Gasteiger partial charge in [-0.25, -0.2) is 0 Å². The lowest BCUT2D eigenvalue weighted by atomic mass is 9.95. The molecule has 0 bridgehead atoms.